The van der Waals surface area contributed by atoms with E-state index >= 15 is 0 Å². The summed E-state index contributed by atoms with van der Waals surface area (Å²) in [7, 11) is 0. The first-order valence-corrected chi connectivity index (χ1v) is 7.72. The van der Waals surface area contributed by atoms with Gasteiger partial charge in [-0.1, -0.05) is 23.7 Å². The van der Waals surface area contributed by atoms with E-state index < -0.39 is 23.8 Å². The molecule has 0 radical (unpaired) electrons. The van der Waals surface area contributed by atoms with Crippen LogP contribution in [0.1, 0.15) is 22.8 Å². The van der Waals surface area contributed by atoms with Gasteiger partial charge in [0.25, 0.3) is 5.91 Å². The number of carbonyl (C=O) groups is 3. The third-order valence-corrected chi connectivity index (χ3v) is 3.46. The summed E-state index contributed by atoms with van der Waals surface area (Å²) >= 11 is 5.72. The molecule has 25 heavy (non-hydrogen) atoms. The van der Waals surface area contributed by atoms with E-state index in [-0.39, 0.29) is 17.7 Å². The number of benzene rings is 1. The van der Waals surface area contributed by atoms with Crippen LogP contribution in [0, 0.1) is 0 Å². The predicted molar refractivity (Wildman–Crippen MR) is 91.2 cm³/mol. The van der Waals surface area contributed by atoms with Gasteiger partial charge in [-0.05, 0) is 29.8 Å². The van der Waals surface area contributed by atoms with Crippen molar-refractivity contribution < 1.29 is 19.1 Å². The molecule has 0 spiro atoms. The summed E-state index contributed by atoms with van der Waals surface area (Å²) in [5.74, 6) is -1.46. The van der Waals surface area contributed by atoms with Crippen LogP contribution in [0.3, 0.4) is 0 Å². The Morgan fingerprint density at radius 1 is 1.28 bits per heavy atom. The van der Waals surface area contributed by atoms with E-state index in [1.165, 1.54) is 25.3 Å². The van der Waals surface area contributed by atoms with Gasteiger partial charge in [0.15, 0.2) is 0 Å². The first-order valence-electron chi connectivity index (χ1n) is 7.34. The number of pyridine rings is 1. The maximum atomic E-state index is 12.3. The minimum absolute atomic E-state index is 0.175. The lowest BCUT2D eigenvalue weighted by Crippen LogP contribution is -2.45. The minimum Gasteiger partial charge on any atom is -0.427 e. The number of amides is 2. The van der Waals surface area contributed by atoms with Crippen molar-refractivity contribution in [3.05, 3.63) is 58.9 Å². The molecule has 0 saturated carbocycles. The zero-order chi connectivity index (χ0) is 18.4. The average Bonchev–Trinajstić information content (AvgIpc) is 2.55. The second-order valence-electron chi connectivity index (χ2n) is 5.24. The summed E-state index contributed by atoms with van der Waals surface area (Å²) < 4.78 is 4.93. The fourth-order valence-electron chi connectivity index (χ4n) is 2.09. The van der Waals surface area contributed by atoms with Gasteiger partial charge < -0.3 is 15.8 Å². The predicted octanol–water partition coefficient (Wildman–Crippen LogP) is 1.49. The van der Waals surface area contributed by atoms with Crippen molar-refractivity contribution in [2.45, 2.75) is 19.4 Å². The summed E-state index contributed by atoms with van der Waals surface area (Å²) in [5, 5.41) is 2.89. The van der Waals surface area contributed by atoms with Gasteiger partial charge in [-0.25, -0.2) is 4.98 Å². The van der Waals surface area contributed by atoms with Gasteiger partial charge in [-0.2, -0.15) is 0 Å². The molecule has 0 bridgehead atoms. The Morgan fingerprint density at radius 3 is 2.64 bits per heavy atom. The number of rotatable bonds is 6. The third kappa shape index (κ3) is 5.58. The van der Waals surface area contributed by atoms with E-state index in [9.17, 15) is 14.4 Å². The third-order valence-electron chi connectivity index (χ3n) is 3.24. The topological polar surface area (TPSA) is 111 Å². The number of nitrogens with one attached hydrogen (secondary N) is 1. The molecule has 8 heteroatoms. The molecule has 1 atom stereocenters. The van der Waals surface area contributed by atoms with Crippen molar-refractivity contribution in [3.8, 4) is 5.75 Å². The zero-order valence-corrected chi connectivity index (χ0v) is 14.1. The van der Waals surface area contributed by atoms with Gasteiger partial charge in [0.1, 0.15) is 16.9 Å². The second-order valence-corrected chi connectivity index (χ2v) is 5.63. The highest BCUT2D eigenvalue weighted by molar-refractivity contribution is 6.29. The van der Waals surface area contributed by atoms with Crippen LogP contribution in [0.4, 0.5) is 0 Å². The highest BCUT2D eigenvalue weighted by atomic mass is 35.5. The number of aromatic nitrogens is 1. The van der Waals surface area contributed by atoms with Crippen LogP contribution >= 0.6 is 11.6 Å². The molecule has 3 N–H and O–H groups in total. The van der Waals surface area contributed by atoms with Crippen LogP contribution in [-0.2, 0) is 16.0 Å². The molecular weight excluding hydrogens is 346 g/mol. The molecule has 0 unspecified atom stereocenters. The molecule has 2 aromatic rings. The Kier molecular flexibility index (Phi) is 6.08. The molecule has 130 valence electrons. The number of hydrogen-bond donors (Lipinski definition) is 2. The first kappa shape index (κ1) is 18.4. The molecule has 0 saturated heterocycles. The molecule has 0 fully saturated rings. The van der Waals surface area contributed by atoms with E-state index in [1.807, 2.05) is 0 Å². The van der Waals surface area contributed by atoms with E-state index in [4.69, 9.17) is 22.1 Å². The Morgan fingerprint density at radius 2 is 2.04 bits per heavy atom. The van der Waals surface area contributed by atoms with Crippen LogP contribution in [0.25, 0.3) is 0 Å². The number of nitrogens with zero attached hydrogens (tertiary/aromatic N) is 1. The van der Waals surface area contributed by atoms with Crippen LogP contribution in [0.5, 0.6) is 5.75 Å². The summed E-state index contributed by atoms with van der Waals surface area (Å²) in [6.07, 6.45) is 1.68. The van der Waals surface area contributed by atoms with Crippen LogP contribution in [0.2, 0.25) is 5.15 Å². The summed E-state index contributed by atoms with van der Waals surface area (Å²) in [6.45, 7) is 1.26. The molecule has 7 nitrogen and oxygen atoms in total. The van der Waals surface area contributed by atoms with Crippen molar-refractivity contribution >= 4 is 29.4 Å². The monoisotopic (exact) mass is 361 g/mol. The van der Waals surface area contributed by atoms with Gasteiger partial charge >= 0.3 is 5.97 Å². The lowest BCUT2D eigenvalue weighted by molar-refractivity contribution is -0.131. The normalized spacial score (nSPS) is 11.4. The number of primary amides is 1. The minimum atomic E-state index is -0.923. The van der Waals surface area contributed by atoms with Crippen molar-refractivity contribution in [2.75, 3.05) is 0 Å². The number of halogens is 1. The van der Waals surface area contributed by atoms with Crippen molar-refractivity contribution in [2.24, 2.45) is 5.73 Å². The Balaban J connectivity index is 2.11. The second kappa shape index (κ2) is 8.25. The quantitative estimate of drug-likeness (QED) is 0.460. The van der Waals surface area contributed by atoms with Gasteiger partial charge in [0.2, 0.25) is 5.91 Å². The largest absolute Gasteiger partial charge is 0.427 e. The molecule has 1 heterocycles. The molecule has 0 aliphatic heterocycles. The van der Waals surface area contributed by atoms with Crippen molar-refractivity contribution in [1.82, 2.24) is 10.3 Å². The Hall–Kier alpha value is -2.93. The van der Waals surface area contributed by atoms with E-state index in [0.29, 0.717) is 10.7 Å². The van der Waals surface area contributed by atoms with E-state index in [2.05, 4.69) is 10.3 Å². The van der Waals surface area contributed by atoms with Crippen LogP contribution < -0.4 is 15.8 Å². The summed E-state index contributed by atoms with van der Waals surface area (Å²) in [5.41, 5.74) is 6.30. The number of esters is 1. The number of hydrogen-bond acceptors (Lipinski definition) is 5. The van der Waals surface area contributed by atoms with Crippen LogP contribution in [-0.4, -0.2) is 28.8 Å². The lowest BCUT2D eigenvalue weighted by Gasteiger charge is -2.16. The molecular formula is C17H16ClN3O4. The number of nitrogens with two attached hydrogens (primary N) is 1. The van der Waals surface area contributed by atoms with E-state index in [1.54, 1.807) is 24.3 Å². The maximum Gasteiger partial charge on any atom is 0.308 e. The Bertz CT molecular complexity index is 793. The SMILES string of the molecule is CC(=O)Oc1cccc(C(=O)N[C@@H](Cc2ccc(Cl)nc2)C(N)=O)c1. The highest BCUT2D eigenvalue weighted by Gasteiger charge is 2.20. The lowest BCUT2D eigenvalue weighted by atomic mass is 10.1. The first-order chi connectivity index (χ1) is 11.8. The van der Waals surface area contributed by atoms with Gasteiger partial charge in [0, 0.05) is 25.1 Å². The fourth-order valence-corrected chi connectivity index (χ4v) is 2.21. The Labute approximate surface area is 149 Å². The van der Waals surface area contributed by atoms with E-state index in [0.717, 1.165) is 0 Å². The highest BCUT2D eigenvalue weighted by Crippen LogP contribution is 2.14. The zero-order valence-electron chi connectivity index (χ0n) is 13.4. The smallest absolute Gasteiger partial charge is 0.308 e. The molecule has 1 aromatic carbocycles. The van der Waals surface area contributed by atoms with Crippen molar-refractivity contribution in [3.63, 3.8) is 0 Å². The van der Waals surface area contributed by atoms with Gasteiger partial charge in [-0.15, -0.1) is 0 Å². The standard InChI is InChI=1S/C17H16ClN3O4/c1-10(22)25-13-4-2-3-12(8-13)17(24)21-14(16(19)23)7-11-5-6-15(18)20-9-11/h2-6,8-9,14H,7H2,1H3,(H2,19,23)(H,21,24)/t14-/m0/s1. The molecule has 0 aliphatic rings. The molecule has 1 aromatic heterocycles. The summed E-state index contributed by atoms with van der Waals surface area (Å²) in [4.78, 5) is 38.9. The van der Waals surface area contributed by atoms with Gasteiger partial charge in [0.05, 0.1) is 0 Å². The van der Waals surface area contributed by atoms with Gasteiger partial charge in [-0.3, -0.25) is 14.4 Å². The average molecular weight is 362 g/mol. The van der Waals surface area contributed by atoms with Crippen molar-refractivity contribution in [1.29, 1.82) is 0 Å². The molecule has 2 rings (SSSR count). The molecule has 0 aliphatic carbocycles. The fraction of sp³-hybridized carbons (Fsp3) is 0.176. The van der Waals surface area contributed by atoms with Crippen LogP contribution in [0.15, 0.2) is 42.6 Å². The number of carbonyl (C=O) groups excluding carboxylic acids is 3. The maximum absolute atomic E-state index is 12.3. The summed E-state index contributed by atoms with van der Waals surface area (Å²) in [6, 6.07) is 8.40. The number of ether oxygens (including phenoxy) is 1. The molecule has 2 amide bonds.